The summed E-state index contributed by atoms with van der Waals surface area (Å²) >= 11 is 0. The van der Waals surface area contributed by atoms with Crippen LogP contribution < -0.4 is 0 Å². The molecule has 0 aliphatic carbocycles. The molecule has 1 aliphatic heterocycles. The average Bonchev–Trinajstić information content (AvgIpc) is 2.41. The van der Waals surface area contributed by atoms with Crippen molar-refractivity contribution in [2.24, 2.45) is 0 Å². The Labute approximate surface area is 77.2 Å². The summed E-state index contributed by atoms with van der Waals surface area (Å²) in [4.78, 5) is 1.70. The SMILES string of the molecule is COC1OC(CO)C(F)C1N(C)C. The van der Waals surface area contributed by atoms with Gasteiger partial charge in [-0.15, -0.1) is 0 Å². The van der Waals surface area contributed by atoms with Crippen molar-refractivity contribution in [3.8, 4) is 0 Å². The lowest BCUT2D eigenvalue weighted by Crippen LogP contribution is -2.43. The first-order valence-electron chi connectivity index (χ1n) is 4.21. The Hall–Kier alpha value is -0.230. The number of nitrogens with zero attached hydrogens (tertiary/aromatic N) is 1. The van der Waals surface area contributed by atoms with Crippen molar-refractivity contribution in [2.45, 2.75) is 24.6 Å². The highest BCUT2D eigenvalue weighted by atomic mass is 19.1. The minimum Gasteiger partial charge on any atom is -0.394 e. The Balaban J connectivity index is 2.68. The zero-order chi connectivity index (χ0) is 10.0. The van der Waals surface area contributed by atoms with Crippen LogP contribution in [0.1, 0.15) is 0 Å². The Kier molecular flexibility index (Phi) is 3.61. The van der Waals surface area contributed by atoms with Gasteiger partial charge in [-0.25, -0.2) is 4.39 Å². The molecule has 1 N–H and O–H groups in total. The molecule has 0 saturated carbocycles. The fourth-order valence-corrected chi connectivity index (χ4v) is 1.56. The number of rotatable bonds is 3. The topological polar surface area (TPSA) is 41.9 Å². The molecule has 4 unspecified atom stereocenters. The van der Waals surface area contributed by atoms with Crippen molar-refractivity contribution < 1.29 is 19.0 Å². The lowest BCUT2D eigenvalue weighted by atomic mass is 10.1. The molecular formula is C8H16FNO3. The number of halogens is 1. The van der Waals surface area contributed by atoms with Gasteiger partial charge >= 0.3 is 0 Å². The molecular weight excluding hydrogens is 177 g/mol. The molecule has 0 radical (unpaired) electrons. The molecule has 1 rings (SSSR count). The Bertz CT molecular complexity index is 165. The Morgan fingerprint density at radius 3 is 2.46 bits per heavy atom. The number of ether oxygens (including phenoxy) is 2. The van der Waals surface area contributed by atoms with E-state index in [1.165, 1.54) is 7.11 Å². The predicted octanol–water partition coefficient (Wildman–Crippen LogP) is -0.382. The first-order valence-corrected chi connectivity index (χ1v) is 4.21. The zero-order valence-corrected chi connectivity index (χ0v) is 8.11. The second kappa shape index (κ2) is 4.32. The molecule has 4 nitrogen and oxygen atoms in total. The van der Waals surface area contributed by atoms with E-state index in [2.05, 4.69) is 0 Å². The van der Waals surface area contributed by atoms with Crippen LogP contribution >= 0.6 is 0 Å². The zero-order valence-electron chi connectivity index (χ0n) is 8.11. The molecule has 1 fully saturated rings. The van der Waals surface area contributed by atoms with Crippen LogP contribution in [0.3, 0.4) is 0 Å². The fourth-order valence-electron chi connectivity index (χ4n) is 1.56. The Morgan fingerprint density at radius 2 is 2.15 bits per heavy atom. The van der Waals surface area contributed by atoms with Gasteiger partial charge in [-0.2, -0.15) is 0 Å². The second-order valence-corrected chi connectivity index (χ2v) is 3.36. The van der Waals surface area contributed by atoms with Crippen LogP contribution in [0.2, 0.25) is 0 Å². The van der Waals surface area contributed by atoms with Gasteiger partial charge in [-0.1, -0.05) is 0 Å². The van der Waals surface area contributed by atoms with E-state index in [1.807, 2.05) is 0 Å². The van der Waals surface area contributed by atoms with E-state index in [-0.39, 0.29) is 6.61 Å². The summed E-state index contributed by atoms with van der Waals surface area (Å²) in [7, 11) is 4.98. The quantitative estimate of drug-likeness (QED) is 0.663. The standard InChI is InChI=1S/C8H16FNO3/c1-10(2)7-6(9)5(4-11)13-8(7)12-3/h5-8,11H,4H2,1-3H3. The van der Waals surface area contributed by atoms with E-state index in [1.54, 1.807) is 19.0 Å². The highest BCUT2D eigenvalue weighted by Gasteiger charge is 2.46. The van der Waals surface area contributed by atoms with Crippen LogP contribution in [0.25, 0.3) is 0 Å². The third-order valence-corrected chi connectivity index (χ3v) is 2.28. The number of likely N-dealkylation sites (N-methyl/N-ethyl adjacent to an activating group) is 1. The largest absolute Gasteiger partial charge is 0.394 e. The lowest BCUT2D eigenvalue weighted by molar-refractivity contribution is -0.140. The molecule has 0 aromatic rings. The van der Waals surface area contributed by atoms with Crippen LogP contribution in [0.4, 0.5) is 4.39 Å². The van der Waals surface area contributed by atoms with Crippen molar-refractivity contribution in [1.82, 2.24) is 4.90 Å². The van der Waals surface area contributed by atoms with E-state index in [0.717, 1.165) is 0 Å². The molecule has 0 aromatic heterocycles. The molecule has 0 bridgehead atoms. The van der Waals surface area contributed by atoms with Crippen LogP contribution in [0.5, 0.6) is 0 Å². The molecule has 0 amide bonds. The summed E-state index contributed by atoms with van der Waals surface area (Å²) in [6.45, 7) is -0.314. The van der Waals surface area contributed by atoms with Crippen molar-refractivity contribution in [3.05, 3.63) is 0 Å². The second-order valence-electron chi connectivity index (χ2n) is 3.36. The van der Waals surface area contributed by atoms with Gasteiger partial charge in [-0.3, -0.25) is 4.90 Å². The lowest BCUT2D eigenvalue weighted by Gasteiger charge is -2.24. The maximum atomic E-state index is 13.5. The van der Waals surface area contributed by atoms with E-state index in [9.17, 15) is 4.39 Å². The monoisotopic (exact) mass is 193 g/mol. The van der Waals surface area contributed by atoms with E-state index in [4.69, 9.17) is 14.6 Å². The van der Waals surface area contributed by atoms with Gasteiger partial charge in [0, 0.05) is 7.11 Å². The number of hydrogen-bond donors (Lipinski definition) is 1. The van der Waals surface area contributed by atoms with Crippen LogP contribution in [-0.4, -0.2) is 62.4 Å². The van der Waals surface area contributed by atoms with Gasteiger partial charge in [0.05, 0.1) is 12.6 Å². The molecule has 0 aromatic carbocycles. The smallest absolute Gasteiger partial charge is 0.176 e. The van der Waals surface area contributed by atoms with Crippen molar-refractivity contribution in [1.29, 1.82) is 0 Å². The third kappa shape index (κ3) is 1.99. The van der Waals surface area contributed by atoms with E-state index >= 15 is 0 Å². The number of aliphatic hydroxyl groups excluding tert-OH is 1. The van der Waals surface area contributed by atoms with Gasteiger partial charge in [0.25, 0.3) is 0 Å². The van der Waals surface area contributed by atoms with Crippen molar-refractivity contribution in [3.63, 3.8) is 0 Å². The van der Waals surface area contributed by atoms with Crippen LogP contribution in [0.15, 0.2) is 0 Å². The fraction of sp³-hybridized carbons (Fsp3) is 1.00. The van der Waals surface area contributed by atoms with Crippen molar-refractivity contribution >= 4 is 0 Å². The predicted molar refractivity (Wildman–Crippen MR) is 45.1 cm³/mol. The first-order chi connectivity index (χ1) is 6.11. The minimum atomic E-state index is -1.20. The highest BCUT2D eigenvalue weighted by molar-refractivity contribution is 4.91. The van der Waals surface area contributed by atoms with Gasteiger partial charge in [0.15, 0.2) is 6.29 Å². The third-order valence-electron chi connectivity index (χ3n) is 2.28. The summed E-state index contributed by atoms with van der Waals surface area (Å²) in [5.41, 5.74) is 0. The van der Waals surface area contributed by atoms with Gasteiger partial charge in [0.1, 0.15) is 12.3 Å². The normalized spacial score (nSPS) is 40.2. The molecule has 4 atom stereocenters. The van der Waals surface area contributed by atoms with Crippen molar-refractivity contribution in [2.75, 3.05) is 27.8 Å². The maximum absolute atomic E-state index is 13.5. The van der Waals surface area contributed by atoms with Crippen LogP contribution in [-0.2, 0) is 9.47 Å². The molecule has 78 valence electrons. The van der Waals surface area contributed by atoms with E-state index in [0.29, 0.717) is 0 Å². The highest BCUT2D eigenvalue weighted by Crippen LogP contribution is 2.26. The maximum Gasteiger partial charge on any atom is 0.176 e. The minimum absolute atomic E-state index is 0.314. The molecule has 1 aliphatic rings. The summed E-state index contributed by atoms with van der Waals surface area (Å²) in [6.07, 6.45) is -2.57. The average molecular weight is 193 g/mol. The summed E-state index contributed by atoms with van der Waals surface area (Å²) < 4.78 is 23.7. The summed E-state index contributed by atoms with van der Waals surface area (Å²) in [5.74, 6) is 0. The molecule has 5 heteroatoms. The summed E-state index contributed by atoms with van der Waals surface area (Å²) in [5, 5.41) is 8.81. The number of alkyl halides is 1. The Morgan fingerprint density at radius 1 is 1.54 bits per heavy atom. The van der Waals surface area contributed by atoms with E-state index < -0.39 is 24.6 Å². The number of hydrogen-bond acceptors (Lipinski definition) is 4. The summed E-state index contributed by atoms with van der Waals surface area (Å²) in [6, 6.07) is -0.442. The van der Waals surface area contributed by atoms with Gasteiger partial charge < -0.3 is 14.6 Å². The number of methoxy groups -OCH3 is 1. The van der Waals surface area contributed by atoms with Gasteiger partial charge in [0.2, 0.25) is 0 Å². The molecule has 1 heterocycles. The molecule has 1 saturated heterocycles. The molecule has 13 heavy (non-hydrogen) atoms. The first kappa shape index (κ1) is 10.8. The van der Waals surface area contributed by atoms with Gasteiger partial charge in [-0.05, 0) is 14.1 Å². The number of aliphatic hydroxyl groups is 1. The van der Waals surface area contributed by atoms with Crippen LogP contribution in [0, 0.1) is 0 Å². The molecule has 0 spiro atoms.